The third-order valence-corrected chi connectivity index (χ3v) is 5.95. The van der Waals surface area contributed by atoms with Gasteiger partial charge in [-0.3, -0.25) is 10.3 Å². The van der Waals surface area contributed by atoms with Gasteiger partial charge in [0.15, 0.2) is 10.8 Å². The van der Waals surface area contributed by atoms with E-state index in [2.05, 4.69) is 45.7 Å². The van der Waals surface area contributed by atoms with Gasteiger partial charge < -0.3 is 14.8 Å². The molecule has 2 aromatic carbocycles. The number of nitrogens with zero attached hydrogens (tertiary/aromatic N) is 12. The third kappa shape index (κ3) is 6.04. The number of azide groups is 1. The number of aliphatic hydroxyl groups is 1. The quantitative estimate of drug-likeness (QED) is 0.138. The van der Waals surface area contributed by atoms with Crippen LogP contribution in [0.25, 0.3) is 43.4 Å². The van der Waals surface area contributed by atoms with Gasteiger partial charge in [-0.25, -0.2) is 4.98 Å². The summed E-state index contributed by atoms with van der Waals surface area (Å²) < 4.78 is 1.62. The van der Waals surface area contributed by atoms with Gasteiger partial charge in [0.2, 0.25) is 0 Å². The fourth-order valence-electron chi connectivity index (χ4n) is 4.06. The summed E-state index contributed by atoms with van der Waals surface area (Å²) in [4.78, 5) is 10.1. The van der Waals surface area contributed by atoms with Crippen molar-refractivity contribution in [1.29, 1.82) is 0 Å². The number of rotatable bonds is 10. The fourth-order valence-corrected chi connectivity index (χ4v) is 4.30. The van der Waals surface area contributed by atoms with E-state index < -0.39 is 12.3 Å². The van der Waals surface area contributed by atoms with Crippen LogP contribution in [0.15, 0.2) is 58.8 Å². The Morgan fingerprint density at radius 2 is 1.76 bits per heavy atom. The van der Waals surface area contributed by atoms with Crippen molar-refractivity contribution >= 4 is 11.6 Å². The second-order valence-electron chi connectivity index (χ2n) is 7.81. The minimum absolute atomic E-state index is 0. The predicted octanol–water partition coefficient (Wildman–Crippen LogP) is 2.13. The zero-order valence-corrected chi connectivity index (χ0v) is 24.0. The van der Waals surface area contributed by atoms with Crippen LogP contribution in [0.5, 0.6) is 0 Å². The first-order valence-corrected chi connectivity index (χ1v) is 11.3. The van der Waals surface area contributed by atoms with E-state index in [0.717, 1.165) is 22.3 Å². The summed E-state index contributed by atoms with van der Waals surface area (Å²) in [6.45, 7) is 1.69. The summed E-state index contributed by atoms with van der Waals surface area (Å²) in [6.07, 6.45) is 0.756. The largest absolute Gasteiger partial charge is 1.00 e. The molecule has 37 heavy (non-hydrogen) atoms. The molecule has 1 N–H and O–H groups in total. The Morgan fingerprint density at radius 3 is 2.32 bits per heavy atom. The number of benzene rings is 2. The van der Waals surface area contributed by atoms with Crippen LogP contribution in [-0.4, -0.2) is 30.2 Å². The van der Waals surface area contributed by atoms with E-state index in [4.69, 9.17) is 11.6 Å². The fraction of sp³-hybridized carbons (Fsp3) is 0.273. The van der Waals surface area contributed by atoms with Gasteiger partial charge in [-0.05, 0) is 39.7 Å². The summed E-state index contributed by atoms with van der Waals surface area (Å²) in [7, 11) is 0. The van der Waals surface area contributed by atoms with Crippen molar-refractivity contribution in [3.05, 3.63) is 91.7 Å². The van der Waals surface area contributed by atoms with E-state index in [1.54, 1.807) is 4.57 Å². The van der Waals surface area contributed by atoms with Crippen LogP contribution in [-0.2, 0) is 18.8 Å². The maximum atomic E-state index is 9.99. The van der Waals surface area contributed by atoms with Crippen LogP contribution in [0.3, 0.4) is 0 Å². The van der Waals surface area contributed by atoms with Gasteiger partial charge >= 0.3 is 51.4 Å². The molecule has 0 saturated heterocycles. The molecule has 15 heteroatoms. The maximum Gasteiger partial charge on any atom is 1.00 e. The SMILES string of the molecule is CCCC(N=[N+]=[N-])(N=[N+]=[N-])c1nc(Cl)c(CO)n1Cc1ccc(-c2ccccc2-c2nnn[n-]2)cc1.[K+]. The van der Waals surface area contributed by atoms with Crippen molar-refractivity contribution in [1.82, 2.24) is 30.2 Å². The normalized spacial score (nSPS) is 12.1. The molecule has 0 radical (unpaired) electrons. The van der Waals surface area contributed by atoms with Crippen LogP contribution >= 0.6 is 11.6 Å². The van der Waals surface area contributed by atoms with E-state index in [0.29, 0.717) is 17.9 Å². The topological polar surface area (TPSA) is 188 Å². The number of tetrazole rings is 1. The Bertz CT molecular complexity index is 1420. The molecule has 0 saturated carbocycles. The zero-order chi connectivity index (χ0) is 25.5. The average Bonchev–Trinajstić information content (AvgIpc) is 3.53. The molecule has 0 atom stereocenters. The molecule has 0 aliphatic rings. The molecule has 4 rings (SSSR count). The first-order valence-electron chi connectivity index (χ1n) is 10.9. The van der Waals surface area contributed by atoms with Crippen molar-refractivity contribution in [2.24, 2.45) is 10.2 Å². The summed E-state index contributed by atoms with van der Waals surface area (Å²) >= 11 is 6.31. The van der Waals surface area contributed by atoms with Crippen LogP contribution in [0, 0.1) is 0 Å². The van der Waals surface area contributed by atoms with Crippen LogP contribution in [0.2, 0.25) is 5.15 Å². The van der Waals surface area contributed by atoms with Crippen LogP contribution < -0.4 is 56.5 Å². The molecule has 2 heterocycles. The summed E-state index contributed by atoms with van der Waals surface area (Å²) in [6, 6.07) is 15.4. The molecule has 0 unspecified atom stereocenters. The van der Waals surface area contributed by atoms with E-state index in [1.807, 2.05) is 55.5 Å². The molecule has 13 nitrogen and oxygen atoms in total. The van der Waals surface area contributed by atoms with Crippen molar-refractivity contribution in [3.63, 3.8) is 0 Å². The summed E-state index contributed by atoms with van der Waals surface area (Å²) in [5.74, 6) is 0.597. The second-order valence-corrected chi connectivity index (χ2v) is 8.17. The van der Waals surface area contributed by atoms with Crippen molar-refractivity contribution in [2.45, 2.75) is 38.6 Å². The number of hydrogen-bond acceptors (Lipinski definition) is 7. The standard InChI is InChI=1S/C22H20ClN12O.K/c1-2-11-22(29-31-24,30-32-25)21-26-19(23)18(13-36)35(21)12-14-7-9-15(10-8-14)16-5-3-4-6-17(16)20-27-33-34-28-20;/h3-10,36H,2,11-13H2,1H3;/q-1;+1. The summed E-state index contributed by atoms with van der Waals surface area (Å²) in [5, 5.41) is 32.7. The molecule has 0 aliphatic carbocycles. The Balaban J connectivity index is 0.00000380. The van der Waals surface area contributed by atoms with Gasteiger partial charge in [-0.15, -0.1) is 0 Å². The minimum atomic E-state index is -1.63. The first kappa shape index (κ1) is 28.8. The van der Waals surface area contributed by atoms with Gasteiger partial charge in [-0.2, -0.15) is 5.21 Å². The van der Waals surface area contributed by atoms with Crippen LogP contribution in [0.4, 0.5) is 0 Å². The van der Waals surface area contributed by atoms with Gasteiger partial charge in [0.05, 0.1) is 12.3 Å². The molecule has 182 valence electrons. The molecule has 0 spiro atoms. The monoisotopic (exact) mass is 542 g/mol. The number of imidazole rings is 1. The maximum absolute atomic E-state index is 9.99. The molecular weight excluding hydrogens is 523 g/mol. The van der Waals surface area contributed by atoms with Crippen molar-refractivity contribution in [3.8, 4) is 22.5 Å². The molecular formula is C22H20ClKN12O. The smallest absolute Gasteiger partial charge is 0.390 e. The molecule has 0 aliphatic heterocycles. The van der Waals surface area contributed by atoms with Gasteiger partial charge in [0, 0.05) is 22.2 Å². The predicted molar refractivity (Wildman–Crippen MR) is 131 cm³/mol. The number of halogens is 1. The first-order chi connectivity index (χ1) is 17.6. The van der Waals surface area contributed by atoms with Gasteiger partial charge in [-0.1, -0.05) is 83.7 Å². The molecule has 0 fully saturated rings. The molecule has 0 bridgehead atoms. The Kier molecular flexibility index (Phi) is 10.2. The molecule has 4 aromatic rings. The third-order valence-electron chi connectivity index (χ3n) is 5.64. The van der Waals surface area contributed by atoms with E-state index >= 15 is 0 Å². The van der Waals surface area contributed by atoms with Crippen LogP contribution in [0.1, 0.15) is 36.8 Å². The average molecular weight is 543 g/mol. The van der Waals surface area contributed by atoms with E-state index in [1.165, 1.54) is 0 Å². The minimum Gasteiger partial charge on any atom is -0.390 e. The van der Waals surface area contributed by atoms with Crippen molar-refractivity contribution < 1.29 is 56.5 Å². The number of hydrogen-bond donors (Lipinski definition) is 1. The Labute approximate surface area is 258 Å². The van der Waals surface area contributed by atoms with Gasteiger partial charge in [0.25, 0.3) is 0 Å². The Morgan fingerprint density at radius 1 is 1.08 bits per heavy atom. The van der Waals surface area contributed by atoms with E-state index in [9.17, 15) is 16.2 Å². The van der Waals surface area contributed by atoms with Gasteiger partial charge in [0.1, 0.15) is 5.82 Å². The molecule has 0 amide bonds. The Hall–Kier alpha value is -2.77. The number of aromatic nitrogens is 6. The summed E-state index contributed by atoms with van der Waals surface area (Å²) in [5.41, 5.74) is 20.6. The van der Waals surface area contributed by atoms with Crippen molar-refractivity contribution in [2.75, 3.05) is 0 Å². The number of aliphatic hydroxyl groups excluding tert-OH is 1. The zero-order valence-electron chi connectivity index (χ0n) is 20.1. The second kappa shape index (κ2) is 13.1. The van der Waals surface area contributed by atoms with E-state index in [-0.39, 0.29) is 75.3 Å². The molecule has 2 aromatic heterocycles.